The molecule has 1 aromatic rings. The molecule has 1 unspecified atom stereocenters. The summed E-state index contributed by atoms with van der Waals surface area (Å²) in [4.78, 5) is 14.1. The van der Waals surface area contributed by atoms with Crippen LogP contribution in [0.15, 0.2) is 24.3 Å². The molecule has 0 aliphatic carbocycles. The fourth-order valence-corrected chi connectivity index (χ4v) is 1.78. The van der Waals surface area contributed by atoms with Crippen molar-refractivity contribution in [1.82, 2.24) is 5.32 Å². The van der Waals surface area contributed by atoms with Crippen LogP contribution >= 0.6 is 0 Å². The summed E-state index contributed by atoms with van der Waals surface area (Å²) in [6.45, 7) is 6.38. The maximum Gasteiger partial charge on any atom is 0.251 e. The van der Waals surface area contributed by atoms with E-state index in [-0.39, 0.29) is 5.91 Å². The first-order valence-electron chi connectivity index (χ1n) is 6.88. The largest absolute Gasteiger partial charge is 0.375 e. The maximum absolute atomic E-state index is 11.9. The van der Waals surface area contributed by atoms with Crippen LogP contribution in [0.25, 0.3) is 0 Å². The summed E-state index contributed by atoms with van der Waals surface area (Å²) >= 11 is 0. The van der Waals surface area contributed by atoms with Crippen molar-refractivity contribution < 1.29 is 4.79 Å². The van der Waals surface area contributed by atoms with Crippen LogP contribution in [-0.2, 0) is 0 Å². The normalized spacial score (nSPS) is 12.0. The van der Waals surface area contributed by atoms with Crippen molar-refractivity contribution in [3.8, 4) is 0 Å². The van der Waals surface area contributed by atoms with Gasteiger partial charge in [0, 0.05) is 31.4 Å². The molecule has 0 heterocycles. The quantitative estimate of drug-likeness (QED) is 0.789. The fraction of sp³-hybridized carbons (Fsp3) is 0.533. The molecular formula is C15H25N3O. The summed E-state index contributed by atoms with van der Waals surface area (Å²) in [5.41, 5.74) is 7.35. The van der Waals surface area contributed by atoms with Gasteiger partial charge in [-0.1, -0.05) is 13.8 Å². The molecule has 0 bridgehead atoms. The van der Waals surface area contributed by atoms with Gasteiger partial charge in [0.1, 0.15) is 0 Å². The van der Waals surface area contributed by atoms with E-state index >= 15 is 0 Å². The molecule has 0 aliphatic heterocycles. The van der Waals surface area contributed by atoms with Gasteiger partial charge < -0.3 is 16.0 Å². The average Bonchev–Trinajstić information content (AvgIpc) is 2.44. The molecular weight excluding hydrogens is 238 g/mol. The first-order chi connectivity index (χ1) is 9.08. The highest BCUT2D eigenvalue weighted by Gasteiger charge is 2.07. The van der Waals surface area contributed by atoms with Crippen LogP contribution in [0.4, 0.5) is 5.69 Å². The Hall–Kier alpha value is -1.55. The van der Waals surface area contributed by atoms with E-state index in [0.29, 0.717) is 24.6 Å². The Kier molecular flexibility index (Phi) is 6.36. The van der Waals surface area contributed by atoms with Gasteiger partial charge >= 0.3 is 0 Å². The molecule has 0 fully saturated rings. The summed E-state index contributed by atoms with van der Waals surface area (Å²) in [5, 5.41) is 2.89. The summed E-state index contributed by atoms with van der Waals surface area (Å²) in [7, 11) is 2.06. The lowest BCUT2D eigenvalue weighted by Crippen LogP contribution is -2.31. The summed E-state index contributed by atoms with van der Waals surface area (Å²) < 4.78 is 0. The Labute approximate surface area is 116 Å². The third-order valence-electron chi connectivity index (χ3n) is 3.14. The molecule has 1 rings (SSSR count). The van der Waals surface area contributed by atoms with Gasteiger partial charge in [-0.15, -0.1) is 0 Å². The second-order valence-electron chi connectivity index (χ2n) is 5.02. The average molecular weight is 263 g/mol. The Morgan fingerprint density at radius 1 is 1.37 bits per heavy atom. The van der Waals surface area contributed by atoms with Gasteiger partial charge in [0.2, 0.25) is 0 Å². The fourth-order valence-electron chi connectivity index (χ4n) is 1.78. The van der Waals surface area contributed by atoms with Crippen LogP contribution in [0.5, 0.6) is 0 Å². The minimum absolute atomic E-state index is 0.0370. The summed E-state index contributed by atoms with van der Waals surface area (Å²) in [6, 6.07) is 7.70. The molecule has 0 aromatic heterocycles. The van der Waals surface area contributed by atoms with E-state index in [2.05, 4.69) is 24.2 Å². The maximum atomic E-state index is 11.9. The number of nitrogens with one attached hydrogen (secondary N) is 1. The smallest absolute Gasteiger partial charge is 0.251 e. The first kappa shape index (κ1) is 15.5. The van der Waals surface area contributed by atoms with Gasteiger partial charge in [-0.2, -0.15) is 0 Å². The van der Waals surface area contributed by atoms with Crippen LogP contribution < -0.4 is 16.0 Å². The Bertz CT molecular complexity index is 389. The van der Waals surface area contributed by atoms with Crippen LogP contribution in [-0.4, -0.2) is 32.6 Å². The SMILES string of the molecule is CCCN(C)c1ccc(C(=O)NCC(C)CN)cc1. The van der Waals surface area contributed by atoms with E-state index in [9.17, 15) is 4.79 Å². The lowest BCUT2D eigenvalue weighted by atomic mass is 10.1. The molecule has 106 valence electrons. The van der Waals surface area contributed by atoms with Crippen molar-refractivity contribution in [3.05, 3.63) is 29.8 Å². The Morgan fingerprint density at radius 3 is 2.53 bits per heavy atom. The molecule has 1 atom stereocenters. The molecule has 1 amide bonds. The minimum Gasteiger partial charge on any atom is -0.375 e. The lowest BCUT2D eigenvalue weighted by molar-refractivity contribution is 0.0948. The van der Waals surface area contributed by atoms with Crippen molar-refractivity contribution in [2.45, 2.75) is 20.3 Å². The molecule has 0 aliphatic rings. The van der Waals surface area contributed by atoms with E-state index in [1.807, 2.05) is 31.2 Å². The van der Waals surface area contributed by atoms with Gasteiger partial charge in [0.15, 0.2) is 0 Å². The number of amides is 1. The molecule has 1 aromatic carbocycles. The van der Waals surface area contributed by atoms with Crippen molar-refractivity contribution in [2.75, 3.05) is 31.6 Å². The zero-order chi connectivity index (χ0) is 14.3. The van der Waals surface area contributed by atoms with Gasteiger partial charge in [-0.25, -0.2) is 0 Å². The topological polar surface area (TPSA) is 58.4 Å². The molecule has 0 saturated carbocycles. The second kappa shape index (κ2) is 7.79. The van der Waals surface area contributed by atoms with Crippen molar-refractivity contribution in [3.63, 3.8) is 0 Å². The number of hydrogen-bond donors (Lipinski definition) is 2. The van der Waals surface area contributed by atoms with Gasteiger partial charge in [0.25, 0.3) is 5.91 Å². The van der Waals surface area contributed by atoms with Crippen molar-refractivity contribution in [2.24, 2.45) is 11.7 Å². The van der Waals surface area contributed by atoms with E-state index in [1.54, 1.807) is 0 Å². The molecule has 0 radical (unpaired) electrons. The van der Waals surface area contributed by atoms with Crippen LogP contribution in [0.1, 0.15) is 30.6 Å². The molecule has 4 heteroatoms. The summed E-state index contributed by atoms with van der Waals surface area (Å²) in [6.07, 6.45) is 1.11. The van der Waals surface area contributed by atoms with Gasteiger partial charge in [0.05, 0.1) is 0 Å². The van der Waals surface area contributed by atoms with Crippen LogP contribution in [0.3, 0.4) is 0 Å². The van der Waals surface area contributed by atoms with E-state index in [0.717, 1.165) is 18.7 Å². The minimum atomic E-state index is -0.0370. The number of hydrogen-bond acceptors (Lipinski definition) is 3. The van der Waals surface area contributed by atoms with E-state index in [1.165, 1.54) is 0 Å². The number of carbonyl (C=O) groups is 1. The first-order valence-corrected chi connectivity index (χ1v) is 6.88. The summed E-state index contributed by atoms with van der Waals surface area (Å²) in [5.74, 6) is 0.268. The number of benzene rings is 1. The third-order valence-corrected chi connectivity index (χ3v) is 3.14. The molecule has 0 spiro atoms. The second-order valence-corrected chi connectivity index (χ2v) is 5.02. The Balaban J connectivity index is 2.58. The zero-order valence-corrected chi connectivity index (χ0v) is 12.1. The Morgan fingerprint density at radius 2 is 2.00 bits per heavy atom. The van der Waals surface area contributed by atoms with Gasteiger partial charge in [-0.3, -0.25) is 4.79 Å². The number of carbonyl (C=O) groups excluding carboxylic acids is 1. The highest BCUT2D eigenvalue weighted by atomic mass is 16.1. The van der Waals surface area contributed by atoms with Gasteiger partial charge in [-0.05, 0) is 43.1 Å². The molecule has 19 heavy (non-hydrogen) atoms. The predicted molar refractivity (Wildman–Crippen MR) is 80.6 cm³/mol. The number of nitrogens with zero attached hydrogens (tertiary/aromatic N) is 1. The highest BCUT2D eigenvalue weighted by Crippen LogP contribution is 2.14. The van der Waals surface area contributed by atoms with Crippen LogP contribution in [0, 0.1) is 5.92 Å². The van der Waals surface area contributed by atoms with Crippen molar-refractivity contribution >= 4 is 11.6 Å². The van der Waals surface area contributed by atoms with Crippen molar-refractivity contribution in [1.29, 1.82) is 0 Å². The standard InChI is InChI=1S/C15H25N3O/c1-4-9-18(3)14-7-5-13(6-8-14)15(19)17-11-12(2)10-16/h5-8,12H,4,9-11,16H2,1-3H3,(H,17,19). The molecule has 4 nitrogen and oxygen atoms in total. The van der Waals surface area contributed by atoms with E-state index < -0.39 is 0 Å². The molecule has 0 saturated heterocycles. The monoisotopic (exact) mass is 263 g/mol. The number of nitrogens with two attached hydrogens (primary N) is 1. The molecule has 3 N–H and O–H groups in total. The number of anilines is 1. The highest BCUT2D eigenvalue weighted by molar-refractivity contribution is 5.94. The third kappa shape index (κ3) is 4.91. The van der Waals surface area contributed by atoms with E-state index in [4.69, 9.17) is 5.73 Å². The lowest BCUT2D eigenvalue weighted by Gasteiger charge is -2.18. The number of rotatable bonds is 7. The van der Waals surface area contributed by atoms with Crippen LogP contribution in [0.2, 0.25) is 0 Å². The predicted octanol–water partition coefficient (Wildman–Crippen LogP) is 1.86. The zero-order valence-electron chi connectivity index (χ0n) is 12.1.